The van der Waals surface area contributed by atoms with E-state index >= 15 is 0 Å². The van der Waals surface area contributed by atoms with Crippen LogP contribution in [0.4, 0.5) is 5.95 Å². The van der Waals surface area contributed by atoms with E-state index in [0.29, 0.717) is 36.2 Å². The SMILES string of the molecule is COc1cccc(C[C@H]2[C@H]3C[C@H](CN(Cc4cnc(N)nc4)C3)[C@@H]3CCCC(=O)N32)c1. The molecular formula is C24H31N5O2. The Morgan fingerprint density at radius 1 is 1.16 bits per heavy atom. The number of aromatic nitrogens is 2. The number of hydrogen-bond donors (Lipinski definition) is 1. The molecule has 31 heavy (non-hydrogen) atoms. The van der Waals surface area contributed by atoms with Crippen LogP contribution < -0.4 is 10.5 Å². The van der Waals surface area contributed by atoms with E-state index in [4.69, 9.17) is 10.5 Å². The van der Waals surface area contributed by atoms with E-state index in [2.05, 4.69) is 31.9 Å². The van der Waals surface area contributed by atoms with Crippen LogP contribution in [0.3, 0.4) is 0 Å². The molecule has 0 aliphatic carbocycles. The number of anilines is 1. The lowest BCUT2D eigenvalue weighted by Crippen LogP contribution is -2.65. The maximum absolute atomic E-state index is 13.0. The molecule has 3 saturated heterocycles. The number of nitrogen functional groups attached to an aromatic ring is 1. The van der Waals surface area contributed by atoms with Crippen molar-refractivity contribution in [2.24, 2.45) is 11.8 Å². The highest BCUT2D eigenvalue weighted by Crippen LogP contribution is 2.43. The van der Waals surface area contributed by atoms with Gasteiger partial charge in [-0.2, -0.15) is 0 Å². The maximum Gasteiger partial charge on any atom is 0.223 e. The highest BCUT2D eigenvalue weighted by atomic mass is 16.5. The van der Waals surface area contributed by atoms with Crippen LogP contribution in [0.2, 0.25) is 0 Å². The molecule has 2 N–H and O–H groups in total. The zero-order valence-corrected chi connectivity index (χ0v) is 18.1. The van der Waals surface area contributed by atoms with Crippen molar-refractivity contribution in [1.29, 1.82) is 0 Å². The third-order valence-electron chi connectivity index (χ3n) is 7.28. The Balaban J connectivity index is 1.40. The van der Waals surface area contributed by atoms with Gasteiger partial charge in [0.25, 0.3) is 0 Å². The molecular weight excluding hydrogens is 390 g/mol. The van der Waals surface area contributed by atoms with Crippen molar-refractivity contribution in [1.82, 2.24) is 19.8 Å². The summed E-state index contributed by atoms with van der Waals surface area (Å²) in [4.78, 5) is 26.2. The van der Waals surface area contributed by atoms with Gasteiger partial charge >= 0.3 is 0 Å². The molecule has 4 heterocycles. The first kappa shape index (κ1) is 20.2. The number of carbonyl (C=O) groups is 1. The molecule has 3 aliphatic heterocycles. The molecule has 0 unspecified atom stereocenters. The van der Waals surface area contributed by atoms with Crippen molar-refractivity contribution in [2.45, 2.75) is 50.7 Å². The highest BCUT2D eigenvalue weighted by molar-refractivity contribution is 5.78. The average molecular weight is 422 g/mol. The second-order valence-corrected chi connectivity index (χ2v) is 9.28. The first-order chi connectivity index (χ1) is 15.1. The van der Waals surface area contributed by atoms with Gasteiger partial charge in [-0.15, -0.1) is 0 Å². The van der Waals surface area contributed by atoms with Gasteiger partial charge < -0.3 is 15.4 Å². The summed E-state index contributed by atoms with van der Waals surface area (Å²) in [6.07, 6.45) is 8.58. The first-order valence-electron chi connectivity index (χ1n) is 11.3. The minimum Gasteiger partial charge on any atom is -0.497 e. The van der Waals surface area contributed by atoms with E-state index in [1.807, 2.05) is 24.5 Å². The summed E-state index contributed by atoms with van der Waals surface area (Å²) < 4.78 is 5.44. The maximum atomic E-state index is 13.0. The molecule has 1 aromatic heterocycles. The molecule has 1 aromatic carbocycles. The molecule has 0 saturated carbocycles. The van der Waals surface area contributed by atoms with Gasteiger partial charge in [-0.1, -0.05) is 12.1 Å². The number of likely N-dealkylation sites (tertiary alicyclic amines) is 1. The van der Waals surface area contributed by atoms with Gasteiger partial charge in [0, 0.05) is 56.1 Å². The molecule has 164 valence electrons. The van der Waals surface area contributed by atoms with Crippen LogP contribution in [0, 0.1) is 11.8 Å². The van der Waals surface area contributed by atoms with Crippen LogP contribution in [-0.4, -0.2) is 58.0 Å². The number of rotatable bonds is 5. The Morgan fingerprint density at radius 3 is 2.77 bits per heavy atom. The Labute approximate surface area is 183 Å². The number of piperidine rings is 3. The molecule has 1 amide bonds. The largest absolute Gasteiger partial charge is 0.497 e. The van der Waals surface area contributed by atoms with Crippen molar-refractivity contribution >= 4 is 11.9 Å². The van der Waals surface area contributed by atoms with Gasteiger partial charge in [0.2, 0.25) is 11.9 Å². The fourth-order valence-electron chi connectivity index (χ4n) is 6.01. The molecule has 2 aromatic rings. The number of carbonyl (C=O) groups excluding carboxylic acids is 1. The van der Waals surface area contributed by atoms with Crippen LogP contribution in [0.5, 0.6) is 5.75 Å². The van der Waals surface area contributed by atoms with Crippen molar-refractivity contribution in [2.75, 3.05) is 25.9 Å². The summed E-state index contributed by atoms with van der Waals surface area (Å²) in [6.45, 7) is 2.85. The molecule has 4 atom stereocenters. The third-order valence-corrected chi connectivity index (χ3v) is 7.28. The first-order valence-corrected chi connectivity index (χ1v) is 11.3. The van der Waals surface area contributed by atoms with E-state index in [1.54, 1.807) is 7.11 Å². The van der Waals surface area contributed by atoms with Crippen LogP contribution >= 0.6 is 0 Å². The van der Waals surface area contributed by atoms with Crippen molar-refractivity contribution in [3.8, 4) is 5.75 Å². The molecule has 2 bridgehead atoms. The molecule has 0 spiro atoms. The van der Waals surface area contributed by atoms with Crippen molar-refractivity contribution in [3.63, 3.8) is 0 Å². The Morgan fingerprint density at radius 2 is 1.97 bits per heavy atom. The fraction of sp³-hybridized carbons (Fsp3) is 0.542. The van der Waals surface area contributed by atoms with Gasteiger partial charge in [-0.05, 0) is 55.2 Å². The lowest BCUT2D eigenvalue weighted by atomic mass is 9.70. The molecule has 5 rings (SSSR count). The number of ether oxygens (including phenoxy) is 1. The van der Waals surface area contributed by atoms with Gasteiger partial charge in [0.1, 0.15) is 5.75 Å². The van der Waals surface area contributed by atoms with Crippen molar-refractivity contribution in [3.05, 3.63) is 47.8 Å². The van der Waals surface area contributed by atoms with Crippen LogP contribution in [0.25, 0.3) is 0 Å². The highest BCUT2D eigenvalue weighted by Gasteiger charge is 2.49. The lowest BCUT2D eigenvalue weighted by molar-refractivity contribution is -0.152. The van der Waals surface area contributed by atoms with E-state index in [9.17, 15) is 4.79 Å². The third kappa shape index (κ3) is 4.11. The minimum absolute atomic E-state index is 0.242. The predicted molar refractivity (Wildman–Crippen MR) is 118 cm³/mol. The van der Waals surface area contributed by atoms with E-state index in [-0.39, 0.29) is 6.04 Å². The van der Waals surface area contributed by atoms with Gasteiger partial charge in [0.15, 0.2) is 0 Å². The second kappa shape index (κ2) is 8.46. The van der Waals surface area contributed by atoms with E-state index in [0.717, 1.165) is 50.2 Å². The van der Waals surface area contributed by atoms with Crippen LogP contribution in [0.15, 0.2) is 36.7 Å². The number of benzene rings is 1. The minimum atomic E-state index is 0.242. The molecule has 3 fully saturated rings. The Bertz CT molecular complexity index is 934. The van der Waals surface area contributed by atoms with E-state index < -0.39 is 0 Å². The predicted octanol–water partition coefficient (Wildman–Crippen LogP) is 2.51. The second-order valence-electron chi connectivity index (χ2n) is 9.28. The van der Waals surface area contributed by atoms with Gasteiger partial charge in [0.05, 0.1) is 7.11 Å². The number of nitrogens with two attached hydrogens (primary N) is 1. The Hall–Kier alpha value is -2.67. The van der Waals surface area contributed by atoms with Crippen LogP contribution in [-0.2, 0) is 17.8 Å². The standard InChI is InChI=1S/C24H31N5O2/c1-31-20-5-2-4-16(8-20)9-22-19-10-18(21-6-3-7-23(30)29(21)22)14-28(15-19)13-17-11-26-24(25)27-12-17/h2,4-5,8,11-12,18-19,21-22H,3,6-7,9-10,13-15H2,1H3,(H2,25,26,27)/t18-,19+,21+,22+/m1/s1. The molecule has 0 radical (unpaired) electrons. The molecule has 3 aliphatic rings. The lowest BCUT2D eigenvalue weighted by Gasteiger charge is -2.57. The zero-order chi connectivity index (χ0) is 21.4. The molecule has 7 nitrogen and oxygen atoms in total. The summed E-state index contributed by atoms with van der Waals surface area (Å²) in [5.74, 6) is 2.55. The number of hydrogen-bond acceptors (Lipinski definition) is 6. The fourth-order valence-corrected chi connectivity index (χ4v) is 6.01. The summed E-state index contributed by atoms with van der Waals surface area (Å²) >= 11 is 0. The summed E-state index contributed by atoms with van der Waals surface area (Å²) in [5, 5.41) is 0. The summed E-state index contributed by atoms with van der Waals surface area (Å²) in [5.41, 5.74) is 7.98. The summed E-state index contributed by atoms with van der Waals surface area (Å²) in [7, 11) is 1.70. The van der Waals surface area contributed by atoms with Crippen molar-refractivity contribution < 1.29 is 9.53 Å². The number of fused-ring (bicyclic) bond motifs is 4. The number of methoxy groups -OCH3 is 1. The van der Waals surface area contributed by atoms with Crippen LogP contribution in [0.1, 0.15) is 36.8 Å². The Kier molecular flexibility index (Phi) is 5.52. The summed E-state index contributed by atoms with van der Waals surface area (Å²) in [6, 6.07) is 8.90. The molecule has 7 heteroatoms. The average Bonchev–Trinajstić information content (AvgIpc) is 2.78. The quantitative estimate of drug-likeness (QED) is 0.799. The van der Waals surface area contributed by atoms with Gasteiger partial charge in [-0.3, -0.25) is 9.69 Å². The van der Waals surface area contributed by atoms with Gasteiger partial charge in [-0.25, -0.2) is 9.97 Å². The zero-order valence-electron chi connectivity index (χ0n) is 18.1. The number of amides is 1. The smallest absolute Gasteiger partial charge is 0.223 e. The topological polar surface area (TPSA) is 84.6 Å². The monoisotopic (exact) mass is 421 g/mol. The normalized spacial score (nSPS) is 28.3. The number of nitrogens with zero attached hydrogens (tertiary/aromatic N) is 4. The van der Waals surface area contributed by atoms with E-state index in [1.165, 1.54) is 12.0 Å².